The summed E-state index contributed by atoms with van der Waals surface area (Å²) in [5.74, 6) is 1.80. The predicted molar refractivity (Wildman–Crippen MR) is 138 cm³/mol. The van der Waals surface area contributed by atoms with Crippen LogP contribution < -0.4 is 10.1 Å². The van der Waals surface area contributed by atoms with E-state index in [1.165, 1.54) is 0 Å². The van der Waals surface area contributed by atoms with Crippen LogP contribution >= 0.6 is 22.9 Å². The van der Waals surface area contributed by atoms with Gasteiger partial charge in [0.05, 0.1) is 34.1 Å². The van der Waals surface area contributed by atoms with Crippen molar-refractivity contribution in [1.29, 1.82) is 0 Å². The van der Waals surface area contributed by atoms with Crippen molar-refractivity contribution in [3.63, 3.8) is 0 Å². The minimum absolute atomic E-state index is 0.477. The molecule has 0 saturated carbocycles. The van der Waals surface area contributed by atoms with Gasteiger partial charge in [-0.25, -0.2) is 19.9 Å². The van der Waals surface area contributed by atoms with Crippen molar-refractivity contribution >= 4 is 28.1 Å². The van der Waals surface area contributed by atoms with Crippen molar-refractivity contribution in [2.75, 3.05) is 18.5 Å². The van der Waals surface area contributed by atoms with Gasteiger partial charge in [0.1, 0.15) is 11.4 Å². The number of halogens is 1. The number of ether oxygens (including phenoxy) is 1. The van der Waals surface area contributed by atoms with Gasteiger partial charge in [0.15, 0.2) is 11.0 Å². The van der Waals surface area contributed by atoms with E-state index < -0.39 is 0 Å². The molecule has 3 heterocycles. The molecule has 0 radical (unpaired) electrons. The Morgan fingerprint density at radius 2 is 1.88 bits per heavy atom. The summed E-state index contributed by atoms with van der Waals surface area (Å²) in [4.78, 5) is 23.5. The Balaban J connectivity index is 1.70. The number of rotatable bonds is 10. The lowest BCUT2D eigenvalue weighted by Gasteiger charge is -2.11. The van der Waals surface area contributed by atoms with Crippen LogP contribution in [0.4, 0.5) is 5.13 Å². The normalized spacial score (nSPS) is 11.1. The maximum atomic E-state index is 6.68. The van der Waals surface area contributed by atoms with Crippen LogP contribution in [-0.4, -0.2) is 38.1 Å². The maximum absolute atomic E-state index is 6.68. The van der Waals surface area contributed by atoms with Crippen LogP contribution in [0.15, 0.2) is 49.1 Å². The van der Waals surface area contributed by atoms with Crippen LogP contribution in [0, 0.1) is 5.92 Å². The molecule has 4 rings (SSSR count). The Labute approximate surface area is 208 Å². The summed E-state index contributed by atoms with van der Waals surface area (Å²) < 4.78 is 5.86. The highest BCUT2D eigenvalue weighted by molar-refractivity contribution is 7.18. The molecule has 0 unspecified atom stereocenters. The van der Waals surface area contributed by atoms with Crippen LogP contribution in [0.1, 0.15) is 33.6 Å². The van der Waals surface area contributed by atoms with E-state index in [2.05, 4.69) is 41.0 Å². The smallest absolute Gasteiger partial charge is 0.183 e. The van der Waals surface area contributed by atoms with Crippen LogP contribution in [0.5, 0.6) is 5.75 Å². The lowest BCUT2D eigenvalue weighted by molar-refractivity contribution is 0.289. The van der Waals surface area contributed by atoms with Crippen LogP contribution in [0.2, 0.25) is 5.02 Å². The van der Waals surface area contributed by atoms with Crippen LogP contribution in [-0.2, 0) is 0 Å². The Kier molecular flexibility index (Phi) is 8.03. The van der Waals surface area contributed by atoms with E-state index >= 15 is 0 Å². The van der Waals surface area contributed by atoms with Gasteiger partial charge in [-0.1, -0.05) is 43.7 Å². The lowest BCUT2D eigenvalue weighted by atomic mass is 10.1. The molecule has 0 aliphatic carbocycles. The van der Waals surface area contributed by atoms with Gasteiger partial charge in [-0.2, -0.15) is 0 Å². The zero-order chi connectivity index (χ0) is 23.9. The molecule has 0 spiro atoms. The zero-order valence-corrected chi connectivity index (χ0v) is 21.0. The van der Waals surface area contributed by atoms with Gasteiger partial charge < -0.3 is 10.1 Å². The highest BCUT2D eigenvalue weighted by Crippen LogP contribution is 2.35. The van der Waals surface area contributed by atoms with Gasteiger partial charge in [-0.05, 0) is 43.0 Å². The molecule has 3 aromatic heterocycles. The van der Waals surface area contributed by atoms with E-state index in [1.54, 1.807) is 29.9 Å². The van der Waals surface area contributed by atoms with Crippen LogP contribution in [0.25, 0.3) is 33.3 Å². The molecular weight excluding hydrogens is 468 g/mol. The van der Waals surface area contributed by atoms with Gasteiger partial charge in [0, 0.05) is 30.7 Å². The molecule has 7 nitrogen and oxygen atoms in total. The summed E-state index contributed by atoms with van der Waals surface area (Å²) in [6.07, 6.45) is 8.73. The van der Waals surface area contributed by atoms with Gasteiger partial charge in [0.25, 0.3) is 0 Å². The van der Waals surface area contributed by atoms with Crippen LogP contribution in [0.3, 0.4) is 0 Å². The second-order valence-electron chi connectivity index (χ2n) is 8.18. The van der Waals surface area contributed by atoms with Gasteiger partial charge in [-0.3, -0.25) is 4.98 Å². The second-order valence-corrected chi connectivity index (χ2v) is 9.62. The first kappa shape index (κ1) is 24.0. The molecule has 0 aliphatic rings. The van der Waals surface area contributed by atoms with E-state index in [4.69, 9.17) is 26.3 Å². The third-order valence-corrected chi connectivity index (χ3v) is 6.27. The summed E-state index contributed by atoms with van der Waals surface area (Å²) in [7, 11) is 0. The minimum atomic E-state index is 0.477. The van der Waals surface area contributed by atoms with Gasteiger partial charge >= 0.3 is 0 Å². The second kappa shape index (κ2) is 11.4. The molecule has 1 N–H and O–H groups in total. The van der Waals surface area contributed by atoms with E-state index in [-0.39, 0.29) is 0 Å². The summed E-state index contributed by atoms with van der Waals surface area (Å²) in [5, 5.41) is 4.74. The number of benzene rings is 1. The molecular formula is C25H27ClN6OS. The van der Waals surface area contributed by atoms with Gasteiger partial charge in [0.2, 0.25) is 0 Å². The average Bonchev–Trinajstić information content (AvgIpc) is 3.32. The number of aromatic nitrogens is 5. The number of hydrogen-bond acceptors (Lipinski definition) is 8. The first-order valence-corrected chi connectivity index (χ1v) is 12.5. The Morgan fingerprint density at radius 3 is 2.62 bits per heavy atom. The monoisotopic (exact) mass is 494 g/mol. The highest BCUT2D eigenvalue weighted by Gasteiger charge is 2.15. The number of nitrogens with one attached hydrogen (secondary N) is 1. The van der Waals surface area contributed by atoms with E-state index in [9.17, 15) is 0 Å². The standard InChI is InChI=1S/C25H27ClN6OS/c1-4-8-29-25-30-15-23(34-25)21-13-20(31-24(32-21)22-14-27-9-10-28-22)18-6-5-17(12-19(18)26)33-11-7-16(2)3/h5-6,9-10,12-16H,4,7-8,11H2,1-3H3,(H,29,30). The Bertz CT molecular complexity index is 1230. The Hall–Kier alpha value is -3.10. The molecule has 176 valence electrons. The molecule has 9 heteroatoms. The van der Waals surface area contributed by atoms with Crippen molar-refractivity contribution in [3.8, 4) is 39.1 Å². The van der Waals surface area contributed by atoms with E-state index in [1.807, 2.05) is 30.5 Å². The first-order valence-electron chi connectivity index (χ1n) is 11.3. The van der Waals surface area contributed by atoms with Crippen molar-refractivity contribution in [3.05, 3.63) is 54.1 Å². The van der Waals surface area contributed by atoms with E-state index in [0.717, 1.165) is 46.4 Å². The molecule has 1 aromatic carbocycles. The predicted octanol–water partition coefficient (Wildman–Crippen LogP) is 6.62. The van der Waals surface area contributed by atoms with Gasteiger partial charge in [-0.15, -0.1) is 0 Å². The molecule has 0 bridgehead atoms. The zero-order valence-electron chi connectivity index (χ0n) is 19.5. The van der Waals surface area contributed by atoms with Crippen molar-refractivity contribution in [2.45, 2.75) is 33.6 Å². The molecule has 4 aromatic rings. The number of nitrogens with zero attached hydrogens (tertiary/aromatic N) is 5. The fraction of sp³-hybridized carbons (Fsp3) is 0.320. The fourth-order valence-corrected chi connectivity index (χ4v) is 4.22. The average molecular weight is 495 g/mol. The number of hydrogen-bond donors (Lipinski definition) is 1. The molecule has 34 heavy (non-hydrogen) atoms. The molecule has 0 saturated heterocycles. The summed E-state index contributed by atoms with van der Waals surface area (Å²) in [6, 6.07) is 7.61. The molecule has 0 fully saturated rings. The lowest BCUT2D eigenvalue weighted by Crippen LogP contribution is -2.01. The first-order chi connectivity index (χ1) is 16.5. The summed E-state index contributed by atoms with van der Waals surface area (Å²) in [6.45, 7) is 7.99. The Morgan fingerprint density at radius 1 is 1.03 bits per heavy atom. The largest absolute Gasteiger partial charge is 0.494 e. The van der Waals surface area contributed by atoms with Crippen molar-refractivity contribution < 1.29 is 4.74 Å². The third kappa shape index (κ3) is 6.07. The summed E-state index contributed by atoms with van der Waals surface area (Å²) >= 11 is 8.23. The van der Waals surface area contributed by atoms with Crippen molar-refractivity contribution in [2.24, 2.45) is 5.92 Å². The minimum Gasteiger partial charge on any atom is -0.494 e. The van der Waals surface area contributed by atoms with Crippen molar-refractivity contribution in [1.82, 2.24) is 24.9 Å². The quantitative estimate of drug-likeness (QED) is 0.265. The molecule has 0 atom stereocenters. The third-order valence-electron chi connectivity index (χ3n) is 4.98. The molecule has 0 amide bonds. The maximum Gasteiger partial charge on any atom is 0.183 e. The van der Waals surface area contributed by atoms with E-state index in [0.29, 0.717) is 34.8 Å². The number of anilines is 1. The summed E-state index contributed by atoms with van der Waals surface area (Å²) in [5.41, 5.74) is 2.83. The fourth-order valence-electron chi connectivity index (χ4n) is 3.15. The topological polar surface area (TPSA) is 85.7 Å². The number of thiazole rings is 1. The highest BCUT2D eigenvalue weighted by atomic mass is 35.5. The molecule has 0 aliphatic heterocycles. The SMILES string of the molecule is CCCNc1ncc(-c2cc(-c3ccc(OCCC(C)C)cc3Cl)nc(-c3cnccn3)n2)s1.